The van der Waals surface area contributed by atoms with Crippen LogP contribution in [0.1, 0.15) is 32.6 Å². The Hall–Kier alpha value is -1.04. The fourth-order valence-electron chi connectivity index (χ4n) is 3.16. The Balaban J connectivity index is 1.54. The van der Waals surface area contributed by atoms with Crippen LogP contribution >= 0.6 is 11.8 Å². The highest BCUT2D eigenvalue weighted by Crippen LogP contribution is 2.46. The number of fused-ring (bicyclic) bond motifs is 2. The van der Waals surface area contributed by atoms with Crippen LogP contribution in [0, 0.1) is 11.8 Å². The lowest BCUT2D eigenvalue weighted by Gasteiger charge is -2.23. The average Bonchev–Trinajstić information content (AvgIpc) is 3.07. The van der Waals surface area contributed by atoms with Gasteiger partial charge in [-0.15, -0.1) is 10.2 Å². The Morgan fingerprint density at radius 3 is 2.95 bits per heavy atom. The van der Waals surface area contributed by atoms with Crippen LogP contribution in [0.3, 0.4) is 0 Å². The third kappa shape index (κ3) is 2.63. The van der Waals surface area contributed by atoms with E-state index < -0.39 is 0 Å². The van der Waals surface area contributed by atoms with Crippen molar-refractivity contribution in [2.24, 2.45) is 18.9 Å². The molecule has 0 aliphatic heterocycles. The zero-order chi connectivity index (χ0) is 13.4. The Bertz CT molecular complexity index is 476. The van der Waals surface area contributed by atoms with Crippen molar-refractivity contribution in [3.8, 4) is 0 Å². The molecule has 2 aliphatic carbocycles. The van der Waals surface area contributed by atoms with E-state index in [0.717, 1.165) is 17.5 Å². The largest absolute Gasteiger partial charge is 0.461 e. The Morgan fingerprint density at radius 2 is 2.37 bits per heavy atom. The number of carbonyl (C=O) groups excluding carboxylic acids is 1. The average molecular weight is 281 g/mol. The first kappa shape index (κ1) is 13.0. The van der Waals surface area contributed by atoms with Gasteiger partial charge in [0.15, 0.2) is 5.16 Å². The summed E-state index contributed by atoms with van der Waals surface area (Å²) in [4.78, 5) is 12.1. The number of ether oxygens (including phenoxy) is 1. The molecule has 0 radical (unpaired) electrons. The van der Waals surface area contributed by atoms with Crippen molar-refractivity contribution in [2.45, 2.75) is 49.1 Å². The third-order valence-corrected chi connectivity index (χ3v) is 5.35. The topological polar surface area (TPSA) is 57.0 Å². The summed E-state index contributed by atoms with van der Waals surface area (Å²) in [5, 5.41) is 8.30. The van der Waals surface area contributed by atoms with Crippen LogP contribution in [0.25, 0.3) is 0 Å². The quantitative estimate of drug-likeness (QED) is 0.624. The molecule has 0 amide bonds. The molecule has 0 saturated heterocycles. The highest BCUT2D eigenvalue weighted by Gasteiger charge is 2.42. The monoisotopic (exact) mass is 281 g/mol. The molecule has 2 saturated carbocycles. The summed E-state index contributed by atoms with van der Waals surface area (Å²) in [7, 11) is 1.87. The van der Waals surface area contributed by atoms with Gasteiger partial charge in [0.25, 0.3) is 0 Å². The second kappa shape index (κ2) is 5.15. The van der Waals surface area contributed by atoms with E-state index in [0.29, 0.717) is 5.92 Å². The van der Waals surface area contributed by atoms with Gasteiger partial charge in [0, 0.05) is 7.05 Å². The van der Waals surface area contributed by atoms with Gasteiger partial charge in [-0.3, -0.25) is 4.79 Å². The fourth-order valence-corrected chi connectivity index (χ4v) is 3.94. The molecule has 1 heterocycles. The normalized spacial score (nSPS) is 30.5. The van der Waals surface area contributed by atoms with E-state index >= 15 is 0 Å². The van der Waals surface area contributed by atoms with Gasteiger partial charge in [0.2, 0.25) is 0 Å². The van der Waals surface area contributed by atoms with Crippen LogP contribution < -0.4 is 0 Å². The predicted octanol–water partition coefficient (Wildman–Crippen LogP) is 2.03. The molecule has 4 atom stereocenters. The second-order valence-corrected chi connectivity index (χ2v) is 6.94. The Kier molecular flexibility index (Phi) is 3.52. The van der Waals surface area contributed by atoms with E-state index in [9.17, 15) is 4.79 Å². The van der Waals surface area contributed by atoms with E-state index in [1.807, 2.05) is 18.5 Å². The molecule has 0 aromatic carbocycles. The van der Waals surface area contributed by atoms with Crippen molar-refractivity contribution in [3.63, 3.8) is 0 Å². The number of esters is 1. The number of aromatic nitrogens is 3. The first-order valence-corrected chi connectivity index (χ1v) is 7.72. The molecular weight excluding hydrogens is 262 g/mol. The number of hydrogen-bond acceptors (Lipinski definition) is 5. The van der Waals surface area contributed by atoms with Gasteiger partial charge in [-0.1, -0.05) is 11.8 Å². The van der Waals surface area contributed by atoms with Crippen LogP contribution in [-0.4, -0.2) is 32.1 Å². The zero-order valence-corrected chi connectivity index (χ0v) is 12.1. The third-order valence-electron chi connectivity index (χ3n) is 4.22. The molecule has 2 fully saturated rings. The number of aryl methyl sites for hydroxylation is 1. The van der Waals surface area contributed by atoms with Crippen LogP contribution in [-0.2, 0) is 16.6 Å². The number of rotatable bonds is 4. The minimum absolute atomic E-state index is 0.120. The molecule has 19 heavy (non-hydrogen) atoms. The molecule has 104 valence electrons. The van der Waals surface area contributed by atoms with Gasteiger partial charge in [-0.2, -0.15) is 0 Å². The summed E-state index contributed by atoms with van der Waals surface area (Å²) >= 11 is 1.40. The minimum atomic E-state index is -0.234. The summed E-state index contributed by atoms with van der Waals surface area (Å²) in [5.41, 5.74) is 0. The molecule has 4 unspecified atom stereocenters. The van der Waals surface area contributed by atoms with Crippen LogP contribution in [0.15, 0.2) is 11.5 Å². The highest BCUT2D eigenvalue weighted by molar-refractivity contribution is 8.00. The van der Waals surface area contributed by atoms with Gasteiger partial charge in [-0.25, -0.2) is 0 Å². The number of carbonyl (C=O) groups is 1. The number of thioether (sulfide) groups is 1. The minimum Gasteiger partial charge on any atom is -0.461 e. The van der Waals surface area contributed by atoms with Crippen molar-refractivity contribution in [3.05, 3.63) is 6.33 Å². The molecule has 2 aliphatic rings. The molecule has 5 nitrogen and oxygen atoms in total. The van der Waals surface area contributed by atoms with Crippen molar-refractivity contribution >= 4 is 17.7 Å². The maximum atomic E-state index is 12.1. The summed E-state index contributed by atoms with van der Waals surface area (Å²) in [5.74, 6) is 1.29. The first-order chi connectivity index (χ1) is 9.13. The maximum absolute atomic E-state index is 12.1. The summed E-state index contributed by atoms with van der Waals surface area (Å²) in [6.45, 7) is 1.87. The molecule has 0 N–H and O–H groups in total. The second-order valence-electron chi connectivity index (χ2n) is 5.63. The van der Waals surface area contributed by atoms with Crippen LogP contribution in [0.5, 0.6) is 0 Å². The van der Waals surface area contributed by atoms with Crippen molar-refractivity contribution in [2.75, 3.05) is 0 Å². The van der Waals surface area contributed by atoms with E-state index in [-0.39, 0.29) is 17.3 Å². The van der Waals surface area contributed by atoms with Gasteiger partial charge >= 0.3 is 5.97 Å². The van der Waals surface area contributed by atoms with E-state index in [2.05, 4.69) is 10.2 Å². The molecule has 6 heteroatoms. The van der Waals surface area contributed by atoms with E-state index in [4.69, 9.17) is 4.74 Å². The zero-order valence-electron chi connectivity index (χ0n) is 11.3. The molecular formula is C13H19N3O2S. The smallest absolute Gasteiger partial charge is 0.319 e. The molecule has 3 rings (SSSR count). The van der Waals surface area contributed by atoms with Crippen LogP contribution in [0.2, 0.25) is 0 Å². The van der Waals surface area contributed by atoms with Crippen LogP contribution in [0.4, 0.5) is 0 Å². The lowest BCUT2D eigenvalue weighted by Crippen LogP contribution is -2.28. The van der Waals surface area contributed by atoms with Gasteiger partial charge in [0.1, 0.15) is 17.7 Å². The van der Waals surface area contributed by atoms with Crippen molar-refractivity contribution < 1.29 is 9.53 Å². The molecule has 0 spiro atoms. The summed E-state index contributed by atoms with van der Waals surface area (Å²) in [6, 6.07) is 0. The number of nitrogens with zero attached hydrogens (tertiary/aromatic N) is 3. The lowest BCUT2D eigenvalue weighted by atomic mass is 9.98. The SMILES string of the molecule is CC(Sc1nncn1C)C(=O)OC1CC2CCC1C2. The molecule has 1 aromatic heterocycles. The maximum Gasteiger partial charge on any atom is 0.319 e. The first-order valence-electron chi connectivity index (χ1n) is 6.84. The Morgan fingerprint density at radius 1 is 1.53 bits per heavy atom. The number of hydrogen-bond donors (Lipinski definition) is 0. The standard InChI is InChI=1S/C13H19N3O2S/c1-8(19-13-15-14-7-16(13)2)12(17)18-11-6-9-3-4-10(11)5-9/h7-11H,3-6H2,1-2H3. The Labute approximate surface area is 117 Å². The van der Waals surface area contributed by atoms with Gasteiger partial charge < -0.3 is 9.30 Å². The van der Waals surface area contributed by atoms with Crippen molar-refractivity contribution in [1.82, 2.24) is 14.8 Å². The highest BCUT2D eigenvalue weighted by atomic mass is 32.2. The lowest BCUT2D eigenvalue weighted by molar-refractivity contribution is -0.150. The summed E-state index contributed by atoms with van der Waals surface area (Å²) in [6.07, 6.45) is 6.67. The van der Waals surface area contributed by atoms with Gasteiger partial charge in [0.05, 0.1) is 0 Å². The molecule has 1 aromatic rings. The van der Waals surface area contributed by atoms with E-state index in [1.165, 1.54) is 31.0 Å². The fraction of sp³-hybridized carbons (Fsp3) is 0.769. The van der Waals surface area contributed by atoms with Gasteiger partial charge in [-0.05, 0) is 44.4 Å². The predicted molar refractivity (Wildman–Crippen MR) is 71.7 cm³/mol. The summed E-state index contributed by atoms with van der Waals surface area (Å²) < 4.78 is 7.49. The molecule has 2 bridgehead atoms. The van der Waals surface area contributed by atoms with E-state index in [1.54, 1.807) is 6.33 Å². The van der Waals surface area contributed by atoms with Crippen molar-refractivity contribution in [1.29, 1.82) is 0 Å².